The van der Waals surface area contributed by atoms with Crippen LogP contribution in [0.2, 0.25) is 0 Å². The number of hydrogen-bond donors (Lipinski definition) is 0. The highest BCUT2D eigenvalue weighted by Gasteiger charge is 2.16. The van der Waals surface area contributed by atoms with Crippen molar-refractivity contribution in [3.05, 3.63) is 42.4 Å². The summed E-state index contributed by atoms with van der Waals surface area (Å²) in [7, 11) is 0. The van der Waals surface area contributed by atoms with E-state index in [0.29, 0.717) is 0 Å². The van der Waals surface area contributed by atoms with Gasteiger partial charge in [0, 0.05) is 44.3 Å². The number of anilines is 2. The largest absolute Gasteiger partial charge is 0.370 e. The second kappa shape index (κ2) is 5.86. The first-order chi connectivity index (χ1) is 9.83. The normalized spacial score (nSPS) is 16.1. The van der Waals surface area contributed by atoms with E-state index in [0.717, 1.165) is 44.1 Å². The molecule has 0 bridgehead atoms. The molecule has 0 saturated carbocycles. The maximum Gasteiger partial charge on any atom is 0.151 e. The molecule has 20 heavy (non-hydrogen) atoms. The molecule has 1 fully saturated rings. The van der Waals surface area contributed by atoms with Gasteiger partial charge in [-0.3, -0.25) is 4.98 Å². The topological polar surface area (TPSA) is 45.2 Å². The van der Waals surface area contributed by atoms with Crippen molar-refractivity contribution in [1.29, 1.82) is 0 Å². The highest BCUT2D eigenvalue weighted by atomic mass is 15.3. The Morgan fingerprint density at radius 1 is 0.850 bits per heavy atom. The first-order valence-electron chi connectivity index (χ1n) is 7.03. The quantitative estimate of drug-likeness (QED) is 0.833. The predicted octanol–water partition coefficient (Wildman–Crippen LogP) is 1.90. The summed E-state index contributed by atoms with van der Waals surface area (Å²) in [6.07, 6.45) is 4.82. The fourth-order valence-corrected chi connectivity index (χ4v) is 2.52. The Hall–Kier alpha value is -2.17. The van der Waals surface area contributed by atoms with Gasteiger partial charge < -0.3 is 9.80 Å². The van der Waals surface area contributed by atoms with E-state index in [-0.39, 0.29) is 0 Å². The van der Waals surface area contributed by atoms with Crippen molar-refractivity contribution < 1.29 is 0 Å². The van der Waals surface area contributed by atoms with Gasteiger partial charge in [0.2, 0.25) is 0 Å². The Labute approximate surface area is 119 Å². The third-order valence-corrected chi connectivity index (χ3v) is 3.63. The van der Waals surface area contributed by atoms with E-state index in [9.17, 15) is 0 Å². The van der Waals surface area contributed by atoms with E-state index in [2.05, 4.69) is 43.2 Å². The van der Waals surface area contributed by atoms with Crippen LogP contribution in [0.25, 0.3) is 0 Å². The molecular formula is C15H19N5. The zero-order valence-corrected chi connectivity index (χ0v) is 11.7. The Morgan fingerprint density at radius 2 is 1.60 bits per heavy atom. The monoisotopic (exact) mass is 269 g/mol. The molecule has 0 aliphatic carbocycles. The molecule has 0 radical (unpaired) electrons. The molecule has 1 saturated heterocycles. The molecule has 5 heteroatoms. The average Bonchev–Trinajstić information content (AvgIpc) is 2.75. The van der Waals surface area contributed by atoms with Gasteiger partial charge in [0.15, 0.2) is 5.82 Å². The lowest BCUT2D eigenvalue weighted by Gasteiger charge is -2.23. The molecule has 3 rings (SSSR count). The van der Waals surface area contributed by atoms with Gasteiger partial charge in [0.25, 0.3) is 0 Å². The van der Waals surface area contributed by atoms with Gasteiger partial charge in [-0.25, -0.2) is 0 Å². The zero-order chi connectivity index (χ0) is 13.8. The summed E-state index contributed by atoms with van der Waals surface area (Å²) in [5, 5.41) is 8.44. The van der Waals surface area contributed by atoms with Crippen molar-refractivity contribution in [2.45, 2.75) is 13.3 Å². The molecule has 104 valence electrons. The van der Waals surface area contributed by atoms with Crippen LogP contribution in [0.5, 0.6) is 0 Å². The van der Waals surface area contributed by atoms with E-state index in [1.54, 1.807) is 0 Å². The Balaban J connectivity index is 1.69. The highest BCUT2D eigenvalue weighted by Crippen LogP contribution is 2.17. The van der Waals surface area contributed by atoms with Crippen LogP contribution in [0.4, 0.5) is 11.5 Å². The van der Waals surface area contributed by atoms with Gasteiger partial charge in [-0.15, -0.1) is 5.10 Å². The van der Waals surface area contributed by atoms with Crippen molar-refractivity contribution >= 4 is 11.5 Å². The SMILES string of the molecule is Cc1ccc(N2CCCN(c3ccncc3)CC2)nn1. The van der Waals surface area contributed by atoms with Crippen molar-refractivity contribution in [3.63, 3.8) is 0 Å². The summed E-state index contributed by atoms with van der Waals surface area (Å²) < 4.78 is 0. The van der Waals surface area contributed by atoms with E-state index in [4.69, 9.17) is 0 Å². The van der Waals surface area contributed by atoms with Gasteiger partial charge in [-0.1, -0.05) is 0 Å². The summed E-state index contributed by atoms with van der Waals surface area (Å²) in [6, 6.07) is 8.22. The Bertz CT molecular complexity index is 540. The third-order valence-electron chi connectivity index (χ3n) is 3.63. The molecule has 0 N–H and O–H groups in total. The van der Waals surface area contributed by atoms with Gasteiger partial charge >= 0.3 is 0 Å². The summed E-state index contributed by atoms with van der Waals surface area (Å²) in [5.74, 6) is 0.979. The predicted molar refractivity (Wildman–Crippen MR) is 80.0 cm³/mol. The molecule has 1 aliphatic rings. The number of aryl methyl sites for hydroxylation is 1. The molecule has 0 aromatic carbocycles. The molecule has 2 aromatic heterocycles. The van der Waals surface area contributed by atoms with Gasteiger partial charge in [-0.2, -0.15) is 5.10 Å². The maximum absolute atomic E-state index is 4.29. The minimum Gasteiger partial charge on any atom is -0.370 e. The first-order valence-corrected chi connectivity index (χ1v) is 7.03. The van der Waals surface area contributed by atoms with Crippen LogP contribution >= 0.6 is 0 Å². The molecule has 0 unspecified atom stereocenters. The summed E-state index contributed by atoms with van der Waals surface area (Å²) in [5.41, 5.74) is 2.21. The van der Waals surface area contributed by atoms with E-state index < -0.39 is 0 Å². The lowest BCUT2D eigenvalue weighted by atomic mass is 10.3. The van der Waals surface area contributed by atoms with Crippen LogP contribution in [0.3, 0.4) is 0 Å². The average molecular weight is 269 g/mol. The molecule has 0 amide bonds. The number of pyridine rings is 1. The lowest BCUT2D eigenvalue weighted by molar-refractivity contribution is 0.783. The molecule has 2 aromatic rings. The first kappa shape index (κ1) is 12.8. The maximum atomic E-state index is 4.29. The van der Waals surface area contributed by atoms with Crippen LogP contribution < -0.4 is 9.80 Å². The van der Waals surface area contributed by atoms with Gasteiger partial charge in [-0.05, 0) is 37.6 Å². The Kier molecular flexibility index (Phi) is 3.76. The van der Waals surface area contributed by atoms with Crippen molar-refractivity contribution in [2.24, 2.45) is 0 Å². The third kappa shape index (κ3) is 2.87. The number of aromatic nitrogens is 3. The van der Waals surface area contributed by atoms with E-state index in [1.807, 2.05) is 25.4 Å². The van der Waals surface area contributed by atoms with E-state index >= 15 is 0 Å². The summed E-state index contributed by atoms with van der Waals surface area (Å²) in [4.78, 5) is 8.80. The second-order valence-corrected chi connectivity index (χ2v) is 5.07. The fourth-order valence-electron chi connectivity index (χ4n) is 2.52. The van der Waals surface area contributed by atoms with Crippen molar-refractivity contribution in [1.82, 2.24) is 15.2 Å². The highest BCUT2D eigenvalue weighted by molar-refractivity contribution is 5.46. The van der Waals surface area contributed by atoms with Gasteiger partial charge in [0.05, 0.1) is 5.69 Å². The van der Waals surface area contributed by atoms with Crippen LogP contribution in [0.1, 0.15) is 12.1 Å². The molecule has 1 aliphatic heterocycles. The van der Waals surface area contributed by atoms with Crippen molar-refractivity contribution in [3.8, 4) is 0 Å². The summed E-state index contributed by atoms with van der Waals surface area (Å²) in [6.45, 7) is 6.03. The zero-order valence-electron chi connectivity index (χ0n) is 11.7. The smallest absolute Gasteiger partial charge is 0.151 e. The molecular weight excluding hydrogens is 250 g/mol. The van der Waals surface area contributed by atoms with E-state index in [1.165, 1.54) is 5.69 Å². The minimum atomic E-state index is 0.960. The molecule has 0 atom stereocenters. The second-order valence-electron chi connectivity index (χ2n) is 5.07. The molecule has 0 spiro atoms. The number of rotatable bonds is 2. The minimum absolute atomic E-state index is 0.960. The molecule has 3 heterocycles. The number of nitrogens with zero attached hydrogens (tertiary/aromatic N) is 5. The fraction of sp³-hybridized carbons (Fsp3) is 0.400. The van der Waals surface area contributed by atoms with Crippen molar-refractivity contribution in [2.75, 3.05) is 36.0 Å². The lowest BCUT2D eigenvalue weighted by Crippen LogP contribution is -2.31. The van der Waals surface area contributed by atoms with Crippen LogP contribution in [0, 0.1) is 6.92 Å². The summed E-state index contributed by atoms with van der Waals surface area (Å²) >= 11 is 0. The number of hydrogen-bond acceptors (Lipinski definition) is 5. The standard InChI is InChI=1S/C15H19N5/c1-13-3-4-15(18-17-13)20-10-2-9-19(11-12-20)14-5-7-16-8-6-14/h3-8H,2,9-12H2,1H3. The van der Waals surface area contributed by atoms with Gasteiger partial charge in [0.1, 0.15) is 0 Å². The van der Waals surface area contributed by atoms with Crippen LogP contribution in [-0.4, -0.2) is 41.4 Å². The Morgan fingerprint density at radius 3 is 2.35 bits per heavy atom. The van der Waals surface area contributed by atoms with Crippen LogP contribution in [-0.2, 0) is 0 Å². The molecule has 5 nitrogen and oxygen atoms in total. The van der Waals surface area contributed by atoms with Crippen LogP contribution in [0.15, 0.2) is 36.7 Å².